The number of hydrogen-bond donors (Lipinski definition) is 1. The Morgan fingerprint density at radius 2 is 2.00 bits per heavy atom. The van der Waals surface area contributed by atoms with Crippen LogP contribution in [0.1, 0.15) is 12.5 Å². The molecule has 0 spiro atoms. The van der Waals surface area contributed by atoms with Gasteiger partial charge in [-0.3, -0.25) is 4.79 Å². The fraction of sp³-hybridized carbons (Fsp3) is 0.222. The van der Waals surface area contributed by atoms with Gasteiger partial charge >= 0.3 is 0 Å². The van der Waals surface area contributed by atoms with Crippen molar-refractivity contribution in [1.82, 2.24) is 0 Å². The van der Waals surface area contributed by atoms with E-state index in [-0.39, 0.29) is 17.2 Å². The summed E-state index contributed by atoms with van der Waals surface area (Å²) < 4.78 is 25.9. The van der Waals surface area contributed by atoms with Gasteiger partial charge in [0.25, 0.3) is 0 Å². The number of carbonyl (C=O) groups is 1. The molecule has 0 bridgehead atoms. The molecule has 0 saturated carbocycles. The van der Waals surface area contributed by atoms with Gasteiger partial charge in [0.05, 0.1) is 5.69 Å². The molecule has 70 valence electrons. The molecular formula is C9H9F2NO. The standard InChI is InChI=1S/C9H9F2NO/c1-5-7(10)3-4-8(9(5)11)12-6(2)13/h3-4H,1-2H3,(H,12,13). The van der Waals surface area contributed by atoms with Crippen LogP contribution < -0.4 is 5.32 Å². The van der Waals surface area contributed by atoms with E-state index in [4.69, 9.17) is 0 Å². The predicted octanol–water partition coefficient (Wildman–Crippen LogP) is 2.23. The van der Waals surface area contributed by atoms with Gasteiger partial charge in [-0.15, -0.1) is 0 Å². The van der Waals surface area contributed by atoms with Crippen LogP contribution in [0.25, 0.3) is 0 Å². The Balaban J connectivity index is 3.10. The normalized spacial score (nSPS) is 9.85. The highest BCUT2D eigenvalue weighted by Crippen LogP contribution is 2.19. The van der Waals surface area contributed by atoms with Crippen molar-refractivity contribution in [3.63, 3.8) is 0 Å². The molecule has 0 atom stereocenters. The maximum atomic E-state index is 13.2. The minimum Gasteiger partial charge on any atom is -0.324 e. The molecule has 0 aromatic heterocycles. The lowest BCUT2D eigenvalue weighted by molar-refractivity contribution is -0.114. The smallest absolute Gasteiger partial charge is 0.221 e. The highest BCUT2D eigenvalue weighted by molar-refractivity contribution is 5.88. The zero-order chi connectivity index (χ0) is 10.0. The van der Waals surface area contributed by atoms with Crippen molar-refractivity contribution >= 4 is 11.6 Å². The molecule has 0 aliphatic heterocycles. The Bertz CT molecular complexity index is 350. The topological polar surface area (TPSA) is 29.1 Å². The highest BCUT2D eigenvalue weighted by Gasteiger charge is 2.09. The number of anilines is 1. The van der Waals surface area contributed by atoms with Crippen LogP contribution in [-0.4, -0.2) is 5.91 Å². The van der Waals surface area contributed by atoms with Crippen molar-refractivity contribution in [1.29, 1.82) is 0 Å². The lowest BCUT2D eigenvalue weighted by Crippen LogP contribution is -2.08. The zero-order valence-corrected chi connectivity index (χ0v) is 7.32. The van der Waals surface area contributed by atoms with E-state index in [1.165, 1.54) is 19.9 Å². The SMILES string of the molecule is CC(=O)Nc1ccc(F)c(C)c1F. The molecule has 13 heavy (non-hydrogen) atoms. The van der Waals surface area contributed by atoms with E-state index in [9.17, 15) is 13.6 Å². The van der Waals surface area contributed by atoms with Crippen LogP contribution in [0.5, 0.6) is 0 Å². The third-order valence-electron chi connectivity index (χ3n) is 1.63. The summed E-state index contributed by atoms with van der Waals surface area (Å²) in [5, 5.41) is 2.26. The lowest BCUT2D eigenvalue weighted by Gasteiger charge is -2.05. The van der Waals surface area contributed by atoms with Crippen LogP contribution in [-0.2, 0) is 4.79 Å². The first kappa shape index (κ1) is 9.64. The molecule has 0 radical (unpaired) electrons. The maximum absolute atomic E-state index is 13.2. The van der Waals surface area contributed by atoms with E-state index in [2.05, 4.69) is 5.32 Å². The van der Waals surface area contributed by atoms with Gasteiger partial charge in [-0.1, -0.05) is 0 Å². The summed E-state index contributed by atoms with van der Waals surface area (Å²) in [5.74, 6) is -1.73. The van der Waals surface area contributed by atoms with Crippen molar-refractivity contribution in [3.8, 4) is 0 Å². The predicted molar refractivity (Wildman–Crippen MR) is 45.4 cm³/mol. The molecule has 0 fully saturated rings. The van der Waals surface area contributed by atoms with E-state index in [0.29, 0.717) is 0 Å². The number of hydrogen-bond acceptors (Lipinski definition) is 1. The monoisotopic (exact) mass is 185 g/mol. The van der Waals surface area contributed by atoms with Gasteiger partial charge in [-0.2, -0.15) is 0 Å². The number of carbonyl (C=O) groups excluding carboxylic acids is 1. The van der Waals surface area contributed by atoms with Crippen LogP contribution in [0.3, 0.4) is 0 Å². The van der Waals surface area contributed by atoms with Crippen LogP contribution in [0.4, 0.5) is 14.5 Å². The first-order valence-corrected chi connectivity index (χ1v) is 3.74. The molecule has 1 amide bonds. The fourth-order valence-electron chi connectivity index (χ4n) is 0.948. The Morgan fingerprint density at radius 1 is 1.38 bits per heavy atom. The Kier molecular flexibility index (Phi) is 2.60. The summed E-state index contributed by atoms with van der Waals surface area (Å²) in [5.41, 5.74) is -0.0855. The molecule has 1 aromatic carbocycles. The van der Waals surface area contributed by atoms with Gasteiger partial charge in [-0.05, 0) is 19.1 Å². The van der Waals surface area contributed by atoms with Crippen molar-refractivity contribution in [2.75, 3.05) is 5.32 Å². The summed E-state index contributed by atoms with van der Waals surface area (Å²) in [4.78, 5) is 10.6. The Morgan fingerprint density at radius 3 is 2.54 bits per heavy atom. The number of amides is 1. The third kappa shape index (κ3) is 2.02. The molecule has 0 heterocycles. The summed E-state index contributed by atoms with van der Waals surface area (Å²) in [7, 11) is 0. The van der Waals surface area contributed by atoms with E-state index < -0.39 is 11.6 Å². The molecule has 1 aromatic rings. The Labute approximate surface area is 74.6 Å². The van der Waals surface area contributed by atoms with Crippen LogP contribution in [0, 0.1) is 18.6 Å². The zero-order valence-electron chi connectivity index (χ0n) is 7.32. The van der Waals surface area contributed by atoms with Crippen molar-refractivity contribution in [2.45, 2.75) is 13.8 Å². The van der Waals surface area contributed by atoms with Crippen molar-refractivity contribution < 1.29 is 13.6 Å². The van der Waals surface area contributed by atoms with Gasteiger partial charge in [0.1, 0.15) is 5.82 Å². The number of benzene rings is 1. The van der Waals surface area contributed by atoms with E-state index in [1.54, 1.807) is 0 Å². The van der Waals surface area contributed by atoms with Crippen molar-refractivity contribution in [3.05, 3.63) is 29.3 Å². The minimum atomic E-state index is -0.727. The molecule has 1 rings (SSSR count). The first-order chi connectivity index (χ1) is 6.02. The average molecular weight is 185 g/mol. The van der Waals surface area contributed by atoms with E-state index in [0.717, 1.165) is 6.07 Å². The second-order valence-corrected chi connectivity index (χ2v) is 2.72. The summed E-state index contributed by atoms with van der Waals surface area (Å²) >= 11 is 0. The highest BCUT2D eigenvalue weighted by atomic mass is 19.1. The molecule has 0 saturated heterocycles. The van der Waals surface area contributed by atoms with Gasteiger partial charge in [0.2, 0.25) is 5.91 Å². The summed E-state index contributed by atoms with van der Waals surface area (Å²) in [6, 6.07) is 2.31. The second kappa shape index (κ2) is 3.51. The molecular weight excluding hydrogens is 176 g/mol. The van der Waals surface area contributed by atoms with Crippen LogP contribution >= 0.6 is 0 Å². The largest absolute Gasteiger partial charge is 0.324 e. The van der Waals surface area contributed by atoms with Crippen LogP contribution in [0.2, 0.25) is 0 Å². The van der Waals surface area contributed by atoms with Gasteiger partial charge in [0, 0.05) is 12.5 Å². The van der Waals surface area contributed by atoms with Crippen molar-refractivity contribution in [2.24, 2.45) is 0 Å². The van der Waals surface area contributed by atoms with Gasteiger partial charge in [-0.25, -0.2) is 8.78 Å². The third-order valence-corrected chi connectivity index (χ3v) is 1.63. The van der Waals surface area contributed by atoms with Gasteiger partial charge < -0.3 is 5.32 Å². The molecule has 0 aliphatic rings. The average Bonchev–Trinajstić information content (AvgIpc) is 2.06. The molecule has 1 N–H and O–H groups in total. The molecule has 4 heteroatoms. The van der Waals surface area contributed by atoms with E-state index in [1.807, 2.05) is 0 Å². The molecule has 0 aliphatic carbocycles. The van der Waals surface area contributed by atoms with Gasteiger partial charge in [0.15, 0.2) is 5.82 Å². The fourth-order valence-corrected chi connectivity index (χ4v) is 0.948. The number of halogens is 2. The molecule has 2 nitrogen and oxygen atoms in total. The van der Waals surface area contributed by atoms with Crippen LogP contribution in [0.15, 0.2) is 12.1 Å². The Hall–Kier alpha value is -1.45. The molecule has 0 unspecified atom stereocenters. The first-order valence-electron chi connectivity index (χ1n) is 3.74. The number of nitrogens with one attached hydrogen (secondary N) is 1. The minimum absolute atomic E-state index is 0.00593. The van der Waals surface area contributed by atoms with E-state index >= 15 is 0 Å². The summed E-state index contributed by atoms with van der Waals surface area (Å²) in [6.45, 7) is 2.58. The maximum Gasteiger partial charge on any atom is 0.221 e. The summed E-state index contributed by atoms with van der Waals surface area (Å²) in [6.07, 6.45) is 0. The number of rotatable bonds is 1. The second-order valence-electron chi connectivity index (χ2n) is 2.72. The quantitative estimate of drug-likeness (QED) is 0.714. The lowest BCUT2D eigenvalue weighted by atomic mass is 10.2.